The summed E-state index contributed by atoms with van der Waals surface area (Å²) in [5.74, 6) is 1.84. The maximum Gasteiger partial charge on any atom is 0.134 e. The Morgan fingerprint density at radius 2 is 2.04 bits per heavy atom. The highest BCUT2D eigenvalue weighted by Gasteiger charge is 2.22. The predicted octanol–water partition coefficient (Wildman–Crippen LogP) is 5.86. The number of aromatic hydroxyl groups is 1. The molecule has 132 valence electrons. The van der Waals surface area contributed by atoms with Crippen LogP contribution < -0.4 is 0 Å². The van der Waals surface area contributed by atoms with E-state index in [1.54, 1.807) is 6.07 Å². The molecule has 5 heteroatoms. The van der Waals surface area contributed by atoms with Gasteiger partial charge in [0.25, 0.3) is 0 Å². The van der Waals surface area contributed by atoms with E-state index >= 15 is 0 Å². The fraction of sp³-hybridized carbons (Fsp3) is 0.300. The third-order valence-corrected chi connectivity index (χ3v) is 5.25. The van der Waals surface area contributed by atoms with Crippen LogP contribution >= 0.6 is 32.9 Å². The highest BCUT2D eigenvalue weighted by atomic mass is 79.9. The molecule has 1 N–H and O–H groups in total. The van der Waals surface area contributed by atoms with Gasteiger partial charge in [0, 0.05) is 16.4 Å². The minimum atomic E-state index is 0. The summed E-state index contributed by atoms with van der Waals surface area (Å²) in [4.78, 5) is 2.45. The molecule has 1 aromatic heterocycles. The summed E-state index contributed by atoms with van der Waals surface area (Å²) in [7, 11) is 0. The Morgan fingerprint density at radius 3 is 2.88 bits per heavy atom. The molecule has 3 nitrogen and oxygen atoms in total. The molecule has 2 heterocycles. The van der Waals surface area contributed by atoms with E-state index in [1.165, 1.54) is 18.4 Å². The van der Waals surface area contributed by atoms with Gasteiger partial charge >= 0.3 is 0 Å². The molecule has 0 aliphatic carbocycles. The van der Waals surface area contributed by atoms with Crippen LogP contribution in [-0.2, 0) is 6.54 Å². The van der Waals surface area contributed by atoms with Crippen molar-refractivity contribution in [2.24, 2.45) is 0 Å². The fourth-order valence-electron chi connectivity index (χ4n) is 3.62. The summed E-state index contributed by atoms with van der Waals surface area (Å²) in [5.41, 5.74) is 2.17. The number of nitrogens with zero attached hydrogens (tertiary/aromatic N) is 1. The average Bonchev–Trinajstić information content (AvgIpc) is 2.96. The third-order valence-electron chi connectivity index (χ3n) is 4.76. The van der Waals surface area contributed by atoms with Gasteiger partial charge < -0.3 is 9.52 Å². The van der Waals surface area contributed by atoms with Crippen molar-refractivity contribution in [2.75, 3.05) is 13.1 Å². The molecule has 1 fully saturated rings. The fourth-order valence-corrected chi connectivity index (χ4v) is 4.00. The molecule has 3 aromatic rings. The predicted molar refractivity (Wildman–Crippen MR) is 110 cm³/mol. The molecule has 1 aliphatic heterocycles. The van der Waals surface area contributed by atoms with Gasteiger partial charge in [-0.15, -0.1) is 17.0 Å². The number of hydrogen-bond acceptors (Lipinski definition) is 3. The summed E-state index contributed by atoms with van der Waals surface area (Å²) in [6, 6.07) is 15.9. The number of phenolic OH excluding ortho intramolecular Hbond substituents is 1. The first kappa shape index (κ1) is 18.5. The Labute approximate surface area is 166 Å². The lowest BCUT2D eigenvalue weighted by molar-refractivity contribution is 0.188. The lowest BCUT2D eigenvalue weighted by atomic mass is 9.90. The highest BCUT2D eigenvalue weighted by Crippen LogP contribution is 2.30. The maximum absolute atomic E-state index is 9.72. The van der Waals surface area contributed by atoms with Crippen LogP contribution in [0.5, 0.6) is 5.75 Å². The van der Waals surface area contributed by atoms with Crippen molar-refractivity contribution in [3.63, 3.8) is 0 Å². The second-order valence-corrected chi connectivity index (χ2v) is 7.48. The Bertz CT molecular complexity index is 862. The van der Waals surface area contributed by atoms with Gasteiger partial charge in [0.1, 0.15) is 17.1 Å². The van der Waals surface area contributed by atoms with Crippen molar-refractivity contribution in [3.8, 4) is 5.75 Å². The molecule has 0 saturated carbocycles. The Morgan fingerprint density at radius 1 is 1.16 bits per heavy atom. The topological polar surface area (TPSA) is 36.6 Å². The average molecular weight is 467 g/mol. The van der Waals surface area contributed by atoms with Crippen molar-refractivity contribution in [3.05, 3.63) is 64.3 Å². The zero-order valence-electron chi connectivity index (χ0n) is 13.8. The summed E-state index contributed by atoms with van der Waals surface area (Å²) in [5, 5.41) is 10.9. The largest absolute Gasteiger partial charge is 0.508 e. The summed E-state index contributed by atoms with van der Waals surface area (Å²) in [6.07, 6.45) is 2.35. The van der Waals surface area contributed by atoms with E-state index in [2.05, 4.69) is 39.0 Å². The number of hydrogen-bond donors (Lipinski definition) is 1. The van der Waals surface area contributed by atoms with Gasteiger partial charge in [-0.25, -0.2) is 0 Å². The van der Waals surface area contributed by atoms with Crippen LogP contribution in [0.3, 0.4) is 0 Å². The molecule has 0 spiro atoms. The minimum absolute atomic E-state index is 0. The molecular formula is C20H21Br2NO2. The van der Waals surface area contributed by atoms with Crippen molar-refractivity contribution in [2.45, 2.75) is 25.3 Å². The number of piperidine rings is 1. The first-order chi connectivity index (χ1) is 11.7. The lowest BCUT2D eigenvalue weighted by Crippen LogP contribution is -2.33. The standard InChI is InChI=1S/C20H20BrNO2.BrH/c21-17-6-7-20-16(9-17)11-19(24-20)13-22-8-2-4-15(12-22)14-3-1-5-18(23)10-14;/h1,3,5-7,9-11,15,23H,2,4,8,12-13H2;1H. The molecule has 1 aliphatic rings. The molecule has 0 amide bonds. The molecule has 0 bridgehead atoms. The van der Waals surface area contributed by atoms with Crippen molar-refractivity contribution >= 4 is 43.9 Å². The number of rotatable bonds is 3. The maximum atomic E-state index is 9.72. The zero-order valence-corrected chi connectivity index (χ0v) is 17.1. The van der Waals surface area contributed by atoms with Gasteiger partial charge in [-0.05, 0) is 67.3 Å². The zero-order chi connectivity index (χ0) is 16.5. The summed E-state index contributed by atoms with van der Waals surface area (Å²) < 4.78 is 7.06. The van der Waals surface area contributed by atoms with E-state index in [9.17, 15) is 5.11 Å². The second kappa shape index (κ2) is 7.94. The smallest absolute Gasteiger partial charge is 0.134 e. The SMILES string of the molecule is Br.Oc1cccc(C2CCCN(Cc3cc4cc(Br)ccc4o3)C2)c1. The van der Waals surface area contributed by atoms with Gasteiger partial charge in [0.2, 0.25) is 0 Å². The summed E-state index contributed by atoms with van der Waals surface area (Å²) in [6.45, 7) is 2.93. The number of benzene rings is 2. The number of phenols is 1. The van der Waals surface area contributed by atoms with Crippen molar-refractivity contribution < 1.29 is 9.52 Å². The highest BCUT2D eigenvalue weighted by molar-refractivity contribution is 9.10. The number of halogens is 2. The normalized spacial score (nSPS) is 18.2. The molecular weight excluding hydrogens is 446 g/mol. The summed E-state index contributed by atoms with van der Waals surface area (Å²) >= 11 is 3.51. The van der Waals surface area contributed by atoms with Gasteiger partial charge in [-0.3, -0.25) is 4.90 Å². The van der Waals surface area contributed by atoms with E-state index in [-0.39, 0.29) is 17.0 Å². The number of fused-ring (bicyclic) bond motifs is 1. The van der Waals surface area contributed by atoms with E-state index in [4.69, 9.17) is 4.42 Å². The van der Waals surface area contributed by atoms with E-state index < -0.39 is 0 Å². The minimum Gasteiger partial charge on any atom is -0.508 e. The van der Waals surface area contributed by atoms with Crippen molar-refractivity contribution in [1.82, 2.24) is 4.90 Å². The Kier molecular flexibility index (Phi) is 5.87. The molecule has 2 aromatic carbocycles. The van der Waals surface area contributed by atoms with E-state index in [1.807, 2.05) is 24.3 Å². The molecule has 4 rings (SSSR count). The van der Waals surface area contributed by atoms with E-state index in [0.717, 1.165) is 40.8 Å². The Hall–Kier alpha value is -1.30. The van der Waals surface area contributed by atoms with Gasteiger partial charge in [0.05, 0.1) is 6.54 Å². The van der Waals surface area contributed by atoms with Gasteiger partial charge in [-0.1, -0.05) is 28.1 Å². The quantitative estimate of drug-likeness (QED) is 0.525. The monoisotopic (exact) mass is 465 g/mol. The Balaban J connectivity index is 0.00000182. The third kappa shape index (κ3) is 4.27. The second-order valence-electron chi connectivity index (χ2n) is 6.56. The first-order valence-electron chi connectivity index (χ1n) is 8.36. The van der Waals surface area contributed by atoms with Gasteiger partial charge in [0.15, 0.2) is 0 Å². The van der Waals surface area contributed by atoms with Crippen LogP contribution in [0.25, 0.3) is 11.0 Å². The van der Waals surface area contributed by atoms with Crippen LogP contribution in [0.2, 0.25) is 0 Å². The van der Waals surface area contributed by atoms with Crippen LogP contribution in [-0.4, -0.2) is 23.1 Å². The molecule has 0 radical (unpaired) electrons. The van der Waals surface area contributed by atoms with Gasteiger partial charge in [-0.2, -0.15) is 0 Å². The molecule has 1 unspecified atom stereocenters. The number of likely N-dealkylation sites (tertiary alicyclic amines) is 1. The molecule has 1 saturated heterocycles. The molecule has 1 atom stereocenters. The van der Waals surface area contributed by atoms with Crippen molar-refractivity contribution in [1.29, 1.82) is 0 Å². The van der Waals surface area contributed by atoms with Crippen LogP contribution in [0.1, 0.15) is 30.1 Å². The molecule has 25 heavy (non-hydrogen) atoms. The lowest BCUT2D eigenvalue weighted by Gasteiger charge is -2.32. The first-order valence-corrected chi connectivity index (χ1v) is 9.16. The van der Waals surface area contributed by atoms with E-state index in [0.29, 0.717) is 11.7 Å². The van der Waals surface area contributed by atoms with Crippen LogP contribution in [0.4, 0.5) is 0 Å². The van der Waals surface area contributed by atoms with Crippen LogP contribution in [0.15, 0.2) is 57.4 Å². The van der Waals surface area contributed by atoms with Crippen LogP contribution in [0, 0.1) is 0 Å². The number of furan rings is 1.